The van der Waals surface area contributed by atoms with E-state index in [0.717, 1.165) is 66.1 Å². The minimum atomic E-state index is 0.105. The van der Waals surface area contributed by atoms with Crippen molar-refractivity contribution in [3.63, 3.8) is 0 Å². The minimum Gasteiger partial charge on any atom is -0.497 e. The van der Waals surface area contributed by atoms with E-state index < -0.39 is 0 Å². The molecule has 2 aliphatic rings. The lowest BCUT2D eigenvalue weighted by atomic mass is 9.96. The summed E-state index contributed by atoms with van der Waals surface area (Å²) in [5.41, 5.74) is 1.95. The van der Waals surface area contributed by atoms with E-state index in [2.05, 4.69) is 15.1 Å². The van der Waals surface area contributed by atoms with Crippen LogP contribution in [0.4, 0.5) is 5.13 Å². The van der Waals surface area contributed by atoms with Crippen molar-refractivity contribution in [2.24, 2.45) is 5.92 Å². The van der Waals surface area contributed by atoms with Crippen LogP contribution in [0.2, 0.25) is 0 Å². The van der Waals surface area contributed by atoms with Gasteiger partial charge in [-0.1, -0.05) is 17.8 Å². The quantitative estimate of drug-likeness (QED) is 0.574. The maximum Gasteiger partial charge on any atom is 0.223 e. The van der Waals surface area contributed by atoms with Crippen molar-refractivity contribution in [2.45, 2.75) is 32.1 Å². The number of amides is 1. The van der Waals surface area contributed by atoms with E-state index in [1.165, 1.54) is 32.4 Å². The van der Waals surface area contributed by atoms with Crippen LogP contribution in [-0.2, 0) is 4.79 Å². The maximum absolute atomic E-state index is 12.6. The number of hydrogen-bond donors (Lipinski definition) is 1. The number of likely N-dealkylation sites (tertiary alicyclic amines) is 1. The number of imidazole rings is 1. The average molecular weight is 469 g/mol. The number of benzene rings is 1. The molecule has 0 unspecified atom stereocenters. The Labute approximate surface area is 198 Å². The van der Waals surface area contributed by atoms with Gasteiger partial charge in [0.1, 0.15) is 5.75 Å². The van der Waals surface area contributed by atoms with Crippen molar-refractivity contribution in [1.82, 2.24) is 24.8 Å². The Hall–Kier alpha value is -2.65. The number of nitrogens with zero attached hydrogens (tertiary/aromatic N) is 5. The molecule has 3 aromatic rings. The summed E-state index contributed by atoms with van der Waals surface area (Å²) in [4.78, 5) is 23.0. The summed E-state index contributed by atoms with van der Waals surface area (Å²) >= 11 is 1.60. The first-order valence-electron chi connectivity index (χ1n) is 12.0. The molecule has 0 bridgehead atoms. The monoisotopic (exact) mass is 468 g/mol. The highest BCUT2D eigenvalue weighted by molar-refractivity contribution is 7.20. The number of carbonyl (C=O) groups is 1. The molecule has 2 aliphatic heterocycles. The van der Waals surface area contributed by atoms with Crippen LogP contribution < -0.4 is 15.0 Å². The Bertz CT molecular complexity index is 1030. The first-order chi connectivity index (χ1) is 16.2. The highest BCUT2D eigenvalue weighted by atomic mass is 32.1. The van der Waals surface area contributed by atoms with E-state index in [0.29, 0.717) is 0 Å². The highest BCUT2D eigenvalue weighted by Gasteiger charge is 2.27. The largest absolute Gasteiger partial charge is 0.497 e. The predicted molar refractivity (Wildman–Crippen MR) is 131 cm³/mol. The Kier molecular flexibility index (Phi) is 6.78. The number of aromatic nitrogens is 3. The summed E-state index contributed by atoms with van der Waals surface area (Å²) in [5.74, 6) is 1.15. The number of piperidine rings is 2. The Morgan fingerprint density at radius 2 is 1.88 bits per heavy atom. The minimum absolute atomic E-state index is 0.105. The molecule has 0 radical (unpaired) electrons. The van der Waals surface area contributed by atoms with Crippen molar-refractivity contribution in [2.75, 3.05) is 51.3 Å². The number of anilines is 1. The lowest BCUT2D eigenvalue weighted by Gasteiger charge is -2.31. The fourth-order valence-electron chi connectivity index (χ4n) is 4.72. The summed E-state index contributed by atoms with van der Waals surface area (Å²) in [6.07, 6.45) is 7.63. The van der Waals surface area contributed by atoms with Gasteiger partial charge in [0, 0.05) is 37.7 Å². The van der Waals surface area contributed by atoms with Crippen molar-refractivity contribution < 1.29 is 9.53 Å². The van der Waals surface area contributed by atoms with Gasteiger partial charge >= 0.3 is 0 Å². The molecule has 4 heterocycles. The van der Waals surface area contributed by atoms with Gasteiger partial charge in [-0.2, -0.15) is 0 Å². The van der Waals surface area contributed by atoms with Crippen molar-refractivity contribution in [1.29, 1.82) is 0 Å². The van der Waals surface area contributed by atoms with Gasteiger partial charge in [0.15, 0.2) is 0 Å². The van der Waals surface area contributed by atoms with Crippen LogP contribution in [0.1, 0.15) is 32.1 Å². The molecule has 0 saturated carbocycles. The fraction of sp³-hybridized carbons (Fsp3) is 0.542. The summed E-state index contributed by atoms with van der Waals surface area (Å²) in [5, 5.41) is 8.90. The third-order valence-corrected chi connectivity index (χ3v) is 7.71. The molecular weight excluding hydrogens is 436 g/mol. The smallest absolute Gasteiger partial charge is 0.223 e. The van der Waals surface area contributed by atoms with E-state index in [-0.39, 0.29) is 11.8 Å². The molecule has 0 spiro atoms. The van der Waals surface area contributed by atoms with Crippen LogP contribution in [0.25, 0.3) is 16.2 Å². The molecule has 1 N–H and O–H groups in total. The average Bonchev–Trinajstić information content (AvgIpc) is 3.45. The highest BCUT2D eigenvalue weighted by Crippen LogP contribution is 2.30. The number of hydrogen-bond acceptors (Lipinski definition) is 7. The topological polar surface area (TPSA) is 75.0 Å². The van der Waals surface area contributed by atoms with Crippen molar-refractivity contribution in [3.8, 4) is 17.0 Å². The van der Waals surface area contributed by atoms with E-state index in [9.17, 15) is 4.79 Å². The molecule has 2 aromatic heterocycles. The number of ether oxygens (including phenoxy) is 1. The predicted octanol–water partition coefficient (Wildman–Crippen LogP) is 3.28. The van der Waals surface area contributed by atoms with Gasteiger partial charge in [-0.3, -0.25) is 4.79 Å². The van der Waals surface area contributed by atoms with Gasteiger partial charge in [0.25, 0.3) is 0 Å². The number of methoxy groups -OCH3 is 1. The zero-order chi connectivity index (χ0) is 22.6. The molecule has 1 amide bonds. The van der Waals surface area contributed by atoms with Crippen LogP contribution in [0, 0.1) is 5.92 Å². The van der Waals surface area contributed by atoms with Gasteiger partial charge in [-0.05, 0) is 63.0 Å². The molecular formula is C24H32N6O2S. The van der Waals surface area contributed by atoms with Crippen molar-refractivity contribution >= 4 is 27.3 Å². The molecule has 33 heavy (non-hydrogen) atoms. The zero-order valence-corrected chi connectivity index (χ0v) is 20.0. The van der Waals surface area contributed by atoms with Crippen LogP contribution in [0.15, 0.2) is 30.5 Å². The third-order valence-electron chi connectivity index (χ3n) is 6.73. The Balaban J connectivity index is 1.12. The van der Waals surface area contributed by atoms with E-state index in [4.69, 9.17) is 14.8 Å². The zero-order valence-electron chi connectivity index (χ0n) is 19.2. The van der Waals surface area contributed by atoms with Crippen LogP contribution in [-0.4, -0.2) is 71.8 Å². The second-order valence-corrected chi connectivity index (χ2v) is 9.86. The molecule has 1 aromatic carbocycles. The molecule has 5 rings (SSSR count). The van der Waals surface area contributed by atoms with Crippen LogP contribution in [0.3, 0.4) is 0 Å². The lowest BCUT2D eigenvalue weighted by molar-refractivity contribution is -0.125. The molecule has 8 nitrogen and oxygen atoms in total. The SMILES string of the molecule is COc1ccc(-c2cn3nc(N4CCC(C(=O)NCCN5CCCCC5)CC4)sc3n2)cc1. The first kappa shape index (κ1) is 22.2. The molecule has 2 saturated heterocycles. The van der Waals surface area contributed by atoms with Crippen molar-refractivity contribution in [3.05, 3.63) is 30.5 Å². The number of rotatable bonds is 7. The van der Waals surface area contributed by atoms with Gasteiger partial charge in [0.2, 0.25) is 16.0 Å². The standard InChI is InChI=1S/C24H32N6O2S/c1-32-20-7-5-18(6-8-20)21-17-30-23(26-21)33-24(27-30)29-14-9-19(10-15-29)22(31)25-11-16-28-12-3-2-4-13-28/h5-8,17,19H,2-4,9-16H2,1H3,(H,25,31). The summed E-state index contributed by atoms with van der Waals surface area (Å²) < 4.78 is 7.09. The maximum atomic E-state index is 12.6. The number of fused-ring (bicyclic) bond motifs is 1. The second kappa shape index (κ2) is 10.1. The molecule has 9 heteroatoms. The summed E-state index contributed by atoms with van der Waals surface area (Å²) in [7, 11) is 1.67. The number of nitrogens with one attached hydrogen (secondary N) is 1. The molecule has 0 atom stereocenters. The fourth-order valence-corrected chi connectivity index (χ4v) is 5.65. The molecule has 176 valence electrons. The second-order valence-electron chi connectivity index (χ2n) is 8.92. The van der Waals surface area contributed by atoms with Crippen LogP contribution >= 0.6 is 11.3 Å². The van der Waals surface area contributed by atoms with Gasteiger partial charge in [-0.15, -0.1) is 5.10 Å². The van der Waals surface area contributed by atoms with E-state index >= 15 is 0 Å². The third kappa shape index (κ3) is 5.14. The number of carbonyl (C=O) groups excluding carboxylic acids is 1. The molecule has 0 aliphatic carbocycles. The normalized spacial score (nSPS) is 18.0. The first-order valence-corrected chi connectivity index (χ1v) is 12.8. The van der Waals surface area contributed by atoms with Gasteiger partial charge in [-0.25, -0.2) is 9.50 Å². The Morgan fingerprint density at radius 3 is 2.58 bits per heavy atom. The van der Waals surface area contributed by atoms with Crippen LogP contribution in [0.5, 0.6) is 5.75 Å². The summed E-state index contributed by atoms with van der Waals surface area (Å²) in [6.45, 7) is 5.79. The molecule has 2 fully saturated rings. The summed E-state index contributed by atoms with van der Waals surface area (Å²) in [6, 6.07) is 7.90. The Morgan fingerprint density at radius 1 is 1.12 bits per heavy atom. The lowest BCUT2D eigenvalue weighted by Crippen LogP contribution is -2.43. The van der Waals surface area contributed by atoms with Gasteiger partial charge < -0.3 is 19.9 Å². The van der Waals surface area contributed by atoms with E-state index in [1.807, 2.05) is 35.0 Å². The van der Waals surface area contributed by atoms with Gasteiger partial charge in [0.05, 0.1) is 19.0 Å². The van der Waals surface area contributed by atoms with E-state index in [1.54, 1.807) is 18.4 Å².